The maximum absolute atomic E-state index is 9.41. The summed E-state index contributed by atoms with van der Waals surface area (Å²) >= 11 is -0.750. The van der Waals surface area contributed by atoms with E-state index < -0.39 is 11.6 Å². The minimum absolute atomic E-state index is 0.284. The lowest BCUT2D eigenvalue weighted by atomic mass is 9.91. The minimum atomic E-state index is -0.750. The predicted octanol–water partition coefficient (Wildman–Crippen LogP) is 4.16. The first-order valence-corrected chi connectivity index (χ1v) is 7.96. The Balaban J connectivity index is 0.000000816. The number of hydrogen-bond acceptors (Lipinski definition) is 4. The summed E-state index contributed by atoms with van der Waals surface area (Å²) in [7, 11) is 0. The van der Waals surface area contributed by atoms with Crippen molar-refractivity contribution >= 4 is 22.7 Å². The molecule has 0 aliphatic rings. The molecule has 5 heteroatoms. The van der Waals surface area contributed by atoms with Gasteiger partial charge in [-0.3, -0.25) is 0 Å². The predicted molar refractivity (Wildman–Crippen MR) is 92.5 cm³/mol. The molecule has 0 radical (unpaired) electrons. The van der Waals surface area contributed by atoms with Crippen LogP contribution < -0.4 is 0 Å². The fraction of sp³-hybridized carbons (Fsp3) is 0.222. The first kappa shape index (κ1) is 18.6. The van der Waals surface area contributed by atoms with Gasteiger partial charge in [0, 0.05) is 0 Å². The molecule has 0 aromatic heterocycles. The van der Waals surface area contributed by atoms with Crippen molar-refractivity contribution in [2.45, 2.75) is 26.7 Å². The van der Waals surface area contributed by atoms with Crippen LogP contribution in [0.4, 0.5) is 0 Å². The van der Waals surface area contributed by atoms with Gasteiger partial charge >= 0.3 is 11.6 Å². The average Bonchev–Trinajstić information content (AvgIpc) is 2.55. The van der Waals surface area contributed by atoms with Gasteiger partial charge in [0.1, 0.15) is 11.5 Å². The van der Waals surface area contributed by atoms with Crippen molar-refractivity contribution in [2.24, 2.45) is 0 Å². The molecule has 23 heavy (non-hydrogen) atoms. The lowest BCUT2D eigenvalue weighted by Gasteiger charge is -2.14. The largest absolute Gasteiger partial charge is 0.508 e. The smallest absolute Gasteiger partial charge is 0.335 e. The van der Waals surface area contributed by atoms with Crippen LogP contribution in [0.25, 0.3) is 11.1 Å². The highest BCUT2D eigenvalue weighted by atomic mass is 32.1. The molecule has 0 saturated carbocycles. The van der Waals surface area contributed by atoms with Crippen molar-refractivity contribution in [2.75, 3.05) is 0 Å². The molecule has 0 fully saturated rings. The van der Waals surface area contributed by atoms with Gasteiger partial charge in [-0.15, -0.1) is 0 Å². The third kappa shape index (κ3) is 5.38. The van der Waals surface area contributed by atoms with Crippen LogP contribution in [0.5, 0.6) is 11.5 Å². The molecule has 2 aromatic rings. The van der Waals surface area contributed by atoms with Gasteiger partial charge < -0.3 is 10.2 Å². The zero-order chi connectivity index (χ0) is 17.2. The van der Waals surface area contributed by atoms with E-state index in [1.165, 1.54) is 11.1 Å². The van der Waals surface area contributed by atoms with Crippen LogP contribution >= 0.6 is 0 Å². The van der Waals surface area contributed by atoms with E-state index in [4.69, 9.17) is 8.42 Å². The molecule has 2 N–H and O–H groups in total. The maximum atomic E-state index is 9.41. The molecule has 0 heterocycles. The molecule has 2 rings (SSSR count). The molecular formula is C18H20O4S. The number of phenolic OH excluding ortho intramolecular Hbond substituents is 2. The highest BCUT2D eigenvalue weighted by Gasteiger charge is 2.09. The van der Waals surface area contributed by atoms with Gasteiger partial charge in [0.15, 0.2) is 0 Å². The Morgan fingerprint density at radius 1 is 0.739 bits per heavy atom. The Bertz CT molecular complexity index is 626. The molecule has 0 aliphatic heterocycles. The van der Waals surface area contributed by atoms with E-state index in [0.717, 1.165) is 24.0 Å². The van der Waals surface area contributed by atoms with Crippen molar-refractivity contribution in [3.05, 3.63) is 59.7 Å². The average molecular weight is 332 g/mol. The lowest BCUT2D eigenvalue weighted by molar-refractivity contribution is 0.474. The van der Waals surface area contributed by atoms with Crippen LogP contribution in [0.3, 0.4) is 0 Å². The van der Waals surface area contributed by atoms with E-state index in [0.29, 0.717) is 0 Å². The number of rotatable bonds is 4. The van der Waals surface area contributed by atoms with Gasteiger partial charge in [-0.25, -0.2) is 0 Å². The van der Waals surface area contributed by atoms with Crippen LogP contribution in [-0.2, 0) is 11.6 Å². The van der Waals surface area contributed by atoms with Crippen molar-refractivity contribution in [3.8, 4) is 11.5 Å². The summed E-state index contributed by atoms with van der Waals surface area (Å²) in [5, 5.41) is 18.8. The monoisotopic (exact) mass is 332 g/mol. The number of phenols is 2. The van der Waals surface area contributed by atoms with Gasteiger partial charge in [0.25, 0.3) is 0 Å². The van der Waals surface area contributed by atoms with E-state index in [1.54, 1.807) is 24.3 Å². The summed E-state index contributed by atoms with van der Waals surface area (Å²) in [6.45, 7) is 4.27. The number of allylic oxidation sites excluding steroid dienone is 2. The third-order valence-corrected chi connectivity index (χ3v) is 3.50. The SMILES string of the molecule is CC/C(=C(/CC)c1ccc(O)cc1)c1ccc(O)cc1.O=S=O. The van der Waals surface area contributed by atoms with Crippen LogP contribution in [0.15, 0.2) is 48.5 Å². The molecule has 0 aliphatic carbocycles. The highest BCUT2D eigenvalue weighted by molar-refractivity contribution is 7.51. The van der Waals surface area contributed by atoms with Crippen molar-refractivity contribution in [3.63, 3.8) is 0 Å². The van der Waals surface area contributed by atoms with Gasteiger partial charge in [-0.1, -0.05) is 38.1 Å². The van der Waals surface area contributed by atoms with Gasteiger partial charge in [0.05, 0.1) is 0 Å². The summed E-state index contributed by atoms with van der Waals surface area (Å²) in [5.74, 6) is 0.568. The van der Waals surface area contributed by atoms with Crippen molar-refractivity contribution in [1.29, 1.82) is 0 Å². The fourth-order valence-corrected chi connectivity index (χ4v) is 2.51. The second-order valence-corrected chi connectivity index (χ2v) is 4.96. The molecule has 0 saturated heterocycles. The number of hydrogen-bond donors (Lipinski definition) is 2. The summed E-state index contributed by atoms with van der Waals surface area (Å²) in [4.78, 5) is 0. The van der Waals surface area contributed by atoms with Crippen LogP contribution in [0, 0.1) is 0 Å². The Morgan fingerprint density at radius 3 is 1.22 bits per heavy atom. The third-order valence-electron chi connectivity index (χ3n) is 3.50. The van der Waals surface area contributed by atoms with E-state index in [-0.39, 0.29) is 11.5 Å². The molecule has 0 unspecified atom stereocenters. The molecule has 2 aromatic carbocycles. The quantitative estimate of drug-likeness (QED) is 0.825. The molecule has 0 spiro atoms. The molecular weight excluding hydrogens is 312 g/mol. The molecule has 0 bridgehead atoms. The highest BCUT2D eigenvalue weighted by Crippen LogP contribution is 2.32. The zero-order valence-corrected chi connectivity index (χ0v) is 14.0. The molecule has 4 nitrogen and oxygen atoms in total. The van der Waals surface area contributed by atoms with Crippen LogP contribution in [0.1, 0.15) is 37.8 Å². The van der Waals surface area contributed by atoms with E-state index in [9.17, 15) is 10.2 Å². The Hall–Kier alpha value is -2.40. The van der Waals surface area contributed by atoms with Gasteiger partial charge in [-0.05, 0) is 59.4 Å². The van der Waals surface area contributed by atoms with Gasteiger partial charge in [-0.2, -0.15) is 8.42 Å². The van der Waals surface area contributed by atoms with Crippen LogP contribution in [-0.4, -0.2) is 18.6 Å². The normalized spacial score (nSPS) is 11.0. The lowest BCUT2D eigenvalue weighted by Crippen LogP contribution is -1.91. The Morgan fingerprint density at radius 2 is 1.00 bits per heavy atom. The maximum Gasteiger partial charge on any atom is 0.335 e. The minimum Gasteiger partial charge on any atom is -0.508 e. The van der Waals surface area contributed by atoms with Crippen molar-refractivity contribution in [1.82, 2.24) is 0 Å². The Kier molecular flexibility index (Phi) is 7.77. The number of aromatic hydroxyl groups is 2. The van der Waals surface area contributed by atoms with Crippen LogP contribution in [0.2, 0.25) is 0 Å². The first-order valence-electron chi connectivity index (χ1n) is 7.29. The van der Waals surface area contributed by atoms with E-state index in [2.05, 4.69) is 13.8 Å². The molecule has 0 atom stereocenters. The first-order chi connectivity index (χ1) is 11.1. The van der Waals surface area contributed by atoms with Crippen molar-refractivity contribution < 1.29 is 18.6 Å². The standard InChI is InChI=1S/C18H20O2.O2S/c1-3-17(13-5-9-15(19)10-6-13)18(4-2)14-7-11-16(20)12-8-14;1-3-2/h5-12,19-20H,3-4H2,1-2H3;/b18-17+;. The summed E-state index contributed by atoms with van der Waals surface area (Å²) in [6, 6.07) is 14.7. The zero-order valence-electron chi connectivity index (χ0n) is 13.2. The van der Waals surface area contributed by atoms with E-state index in [1.807, 2.05) is 24.3 Å². The van der Waals surface area contributed by atoms with Gasteiger partial charge in [0.2, 0.25) is 0 Å². The summed E-state index contributed by atoms with van der Waals surface area (Å²) in [6.07, 6.45) is 1.85. The number of benzene rings is 2. The topological polar surface area (TPSA) is 74.6 Å². The second-order valence-electron chi connectivity index (χ2n) is 4.83. The Labute approximate surface area is 139 Å². The van der Waals surface area contributed by atoms with E-state index >= 15 is 0 Å². The fourth-order valence-electron chi connectivity index (χ4n) is 2.51. The molecule has 122 valence electrons. The summed E-state index contributed by atoms with van der Waals surface area (Å²) in [5.41, 5.74) is 4.82. The molecule has 0 amide bonds. The summed E-state index contributed by atoms with van der Waals surface area (Å²) < 4.78 is 16.6. The second kappa shape index (κ2) is 9.58.